The van der Waals surface area contributed by atoms with Gasteiger partial charge in [0.25, 0.3) is 5.91 Å². The number of amides is 1. The minimum atomic E-state index is -0.362. The van der Waals surface area contributed by atoms with Gasteiger partial charge in [-0.1, -0.05) is 30.3 Å². The molecule has 150 valence electrons. The highest BCUT2D eigenvalue weighted by Crippen LogP contribution is 2.31. The number of nitrogens with zero attached hydrogens (tertiary/aromatic N) is 3. The summed E-state index contributed by atoms with van der Waals surface area (Å²) in [5.74, 6) is 1.13. The summed E-state index contributed by atoms with van der Waals surface area (Å²) in [5.41, 5.74) is 14.0. The third kappa shape index (κ3) is 5.13. The maximum absolute atomic E-state index is 12.0. The number of rotatable bonds is 8. The topological polar surface area (TPSA) is 105 Å². The van der Waals surface area contributed by atoms with E-state index in [1.165, 1.54) is 6.33 Å². The van der Waals surface area contributed by atoms with Crippen molar-refractivity contribution in [3.63, 3.8) is 0 Å². The Morgan fingerprint density at radius 1 is 1.14 bits per heavy atom. The van der Waals surface area contributed by atoms with E-state index in [9.17, 15) is 4.79 Å². The molecule has 0 saturated heterocycles. The Morgan fingerprint density at radius 2 is 1.93 bits per heavy atom. The summed E-state index contributed by atoms with van der Waals surface area (Å²) in [6.45, 7) is 4.57. The molecular formula is C21H24N6O2. The van der Waals surface area contributed by atoms with Gasteiger partial charge in [-0.3, -0.25) is 15.6 Å². The Morgan fingerprint density at radius 3 is 2.66 bits per heavy atom. The molecule has 0 spiro atoms. The molecule has 3 aromatic rings. The number of hydrogen-bond acceptors (Lipinski definition) is 7. The Labute approximate surface area is 169 Å². The Balaban J connectivity index is 1.67. The van der Waals surface area contributed by atoms with Crippen molar-refractivity contribution in [1.82, 2.24) is 15.4 Å². The van der Waals surface area contributed by atoms with Crippen molar-refractivity contribution in [3.05, 3.63) is 66.5 Å². The molecule has 4 N–H and O–H groups in total. The maximum Gasteiger partial charge on any atom is 0.276 e. The van der Waals surface area contributed by atoms with Crippen LogP contribution < -0.4 is 26.2 Å². The zero-order chi connectivity index (χ0) is 20.6. The molecule has 1 amide bonds. The molecule has 1 heterocycles. The van der Waals surface area contributed by atoms with Crippen LogP contribution in [-0.4, -0.2) is 29.0 Å². The van der Waals surface area contributed by atoms with Crippen LogP contribution in [0.3, 0.4) is 0 Å². The van der Waals surface area contributed by atoms with E-state index in [4.69, 9.17) is 10.5 Å². The fourth-order valence-electron chi connectivity index (χ4n) is 2.78. The van der Waals surface area contributed by atoms with E-state index in [0.29, 0.717) is 29.6 Å². The first-order chi connectivity index (χ1) is 14.1. The molecule has 8 heteroatoms. The van der Waals surface area contributed by atoms with Crippen LogP contribution in [0.5, 0.6) is 5.75 Å². The number of hydrogen-bond donors (Lipinski definition) is 3. The summed E-state index contributed by atoms with van der Waals surface area (Å²) in [4.78, 5) is 22.5. The lowest BCUT2D eigenvalue weighted by atomic mass is 10.2. The number of para-hydroxylation sites is 1. The Bertz CT molecular complexity index is 964. The molecule has 0 radical (unpaired) electrons. The number of nitrogens with one attached hydrogen (secondary N) is 2. The third-order valence-corrected chi connectivity index (χ3v) is 4.18. The lowest BCUT2D eigenvalue weighted by molar-refractivity contribution is -0.122. The van der Waals surface area contributed by atoms with Crippen LogP contribution in [0.15, 0.2) is 60.9 Å². The van der Waals surface area contributed by atoms with E-state index in [1.807, 2.05) is 55.1 Å². The SMILES string of the molecule is CCN(c1cccc(C)c1)c1ncnc(NNC(=O)COc2ccccc2)c1N. The van der Waals surface area contributed by atoms with Gasteiger partial charge in [0, 0.05) is 12.2 Å². The summed E-state index contributed by atoms with van der Waals surface area (Å²) < 4.78 is 5.41. The summed E-state index contributed by atoms with van der Waals surface area (Å²) in [6.07, 6.45) is 1.40. The molecule has 0 aliphatic carbocycles. The molecule has 0 aliphatic heterocycles. The second kappa shape index (κ2) is 9.41. The molecule has 0 bridgehead atoms. The minimum absolute atomic E-state index is 0.140. The van der Waals surface area contributed by atoms with Crippen LogP contribution in [0.25, 0.3) is 0 Å². The summed E-state index contributed by atoms with van der Waals surface area (Å²) in [7, 11) is 0. The largest absolute Gasteiger partial charge is 0.484 e. The summed E-state index contributed by atoms with van der Waals surface area (Å²) in [5, 5.41) is 0. The second-order valence-corrected chi connectivity index (χ2v) is 6.32. The predicted molar refractivity (Wildman–Crippen MR) is 114 cm³/mol. The van der Waals surface area contributed by atoms with Crippen molar-refractivity contribution in [2.75, 3.05) is 29.2 Å². The standard InChI is InChI=1S/C21H24N6O2/c1-3-27(16-9-7-8-15(2)12-16)21-19(22)20(23-14-24-21)26-25-18(28)13-29-17-10-5-4-6-11-17/h4-12,14H,3,13,22H2,1-2H3,(H,25,28)(H,23,24,26). The maximum atomic E-state index is 12.0. The quantitative estimate of drug-likeness (QED) is 0.506. The van der Waals surface area contributed by atoms with E-state index in [-0.39, 0.29) is 12.5 Å². The predicted octanol–water partition coefficient (Wildman–Crippen LogP) is 3.05. The van der Waals surface area contributed by atoms with Crippen molar-refractivity contribution in [3.8, 4) is 5.75 Å². The van der Waals surface area contributed by atoms with Gasteiger partial charge in [0.15, 0.2) is 18.2 Å². The zero-order valence-corrected chi connectivity index (χ0v) is 16.4. The average Bonchev–Trinajstić information content (AvgIpc) is 2.74. The first-order valence-corrected chi connectivity index (χ1v) is 9.26. The fraction of sp³-hybridized carbons (Fsp3) is 0.190. The number of hydrazine groups is 1. The van der Waals surface area contributed by atoms with Gasteiger partial charge < -0.3 is 15.4 Å². The summed E-state index contributed by atoms with van der Waals surface area (Å²) in [6, 6.07) is 17.2. The van der Waals surface area contributed by atoms with Crippen molar-refractivity contribution in [2.24, 2.45) is 0 Å². The second-order valence-electron chi connectivity index (χ2n) is 6.32. The van der Waals surface area contributed by atoms with Gasteiger partial charge in [0.1, 0.15) is 17.8 Å². The average molecular weight is 392 g/mol. The zero-order valence-electron chi connectivity index (χ0n) is 16.4. The van der Waals surface area contributed by atoms with Crippen LogP contribution >= 0.6 is 0 Å². The van der Waals surface area contributed by atoms with Gasteiger partial charge in [-0.15, -0.1) is 0 Å². The van der Waals surface area contributed by atoms with E-state index in [0.717, 1.165) is 11.3 Å². The van der Waals surface area contributed by atoms with E-state index < -0.39 is 0 Å². The highest BCUT2D eigenvalue weighted by Gasteiger charge is 2.16. The number of aryl methyl sites for hydroxylation is 1. The van der Waals surface area contributed by atoms with Gasteiger partial charge in [0.05, 0.1) is 0 Å². The van der Waals surface area contributed by atoms with Gasteiger partial charge in [-0.25, -0.2) is 9.97 Å². The van der Waals surface area contributed by atoms with Crippen molar-refractivity contribution < 1.29 is 9.53 Å². The van der Waals surface area contributed by atoms with Gasteiger partial charge in [-0.05, 0) is 43.7 Å². The number of nitrogens with two attached hydrogens (primary N) is 1. The van der Waals surface area contributed by atoms with Crippen LogP contribution in [0.2, 0.25) is 0 Å². The molecule has 0 atom stereocenters. The van der Waals surface area contributed by atoms with Crippen LogP contribution in [-0.2, 0) is 4.79 Å². The van der Waals surface area contributed by atoms with Crippen LogP contribution in [0.1, 0.15) is 12.5 Å². The molecule has 29 heavy (non-hydrogen) atoms. The monoisotopic (exact) mass is 392 g/mol. The number of carbonyl (C=O) groups excluding carboxylic acids is 1. The Kier molecular flexibility index (Phi) is 6.47. The van der Waals surface area contributed by atoms with Crippen LogP contribution in [0.4, 0.5) is 23.0 Å². The minimum Gasteiger partial charge on any atom is -0.484 e. The number of aromatic nitrogens is 2. The molecule has 8 nitrogen and oxygen atoms in total. The van der Waals surface area contributed by atoms with Gasteiger partial charge in [0.2, 0.25) is 0 Å². The number of ether oxygens (including phenoxy) is 1. The molecule has 1 aromatic heterocycles. The molecule has 3 rings (SSSR count). The van der Waals surface area contributed by atoms with E-state index in [1.54, 1.807) is 12.1 Å². The first kappa shape index (κ1) is 19.9. The summed E-state index contributed by atoms with van der Waals surface area (Å²) >= 11 is 0. The molecule has 2 aromatic carbocycles. The lowest BCUT2D eigenvalue weighted by Gasteiger charge is -2.24. The van der Waals surface area contributed by atoms with Gasteiger partial charge >= 0.3 is 0 Å². The number of nitrogen functional groups attached to an aromatic ring is 1. The number of anilines is 4. The third-order valence-electron chi connectivity index (χ3n) is 4.18. The molecule has 0 saturated carbocycles. The van der Waals surface area contributed by atoms with Gasteiger partial charge in [-0.2, -0.15) is 0 Å². The normalized spacial score (nSPS) is 10.3. The lowest BCUT2D eigenvalue weighted by Crippen LogP contribution is -2.34. The van der Waals surface area contributed by atoms with E-state index >= 15 is 0 Å². The molecular weight excluding hydrogens is 368 g/mol. The molecule has 0 fully saturated rings. The highest BCUT2D eigenvalue weighted by atomic mass is 16.5. The number of carbonyl (C=O) groups is 1. The Hall–Kier alpha value is -3.81. The highest BCUT2D eigenvalue weighted by molar-refractivity contribution is 5.82. The first-order valence-electron chi connectivity index (χ1n) is 9.26. The molecule has 0 aliphatic rings. The van der Waals surface area contributed by atoms with Crippen molar-refractivity contribution in [2.45, 2.75) is 13.8 Å². The van der Waals surface area contributed by atoms with Crippen molar-refractivity contribution in [1.29, 1.82) is 0 Å². The molecule has 0 unspecified atom stereocenters. The van der Waals surface area contributed by atoms with Crippen molar-refractivity contribution >= 4 is 28.9 Å². The van der Waals surface area contributed by atoms with Crippen LogP contribution in [0, 0.1) is 6.92 Å². The smallest absolute Gasteiger partial charge is 0.276 e. The fourth-order valence-corrected chi connectivity index (χ4v) is 2.78. The van der Waals surface area contributed by atoms with E-state index in [2.05, 4.69) is 26.9 Å². The number of benzene rings is 2.